The first-order chi connectivity index (χ1) is 11.6. The zero-order valence-corrected chi connectivity index (χ0v) is 15.2. The number of hydrogen-bond acceptors (Lipinski definition) is 5. The standard InChI is InChI=1S/C16H29N3O6/c1-9(2)5-11(7-13(20)19-25)15(23)18-12(6-10(3)4)16(24)17-8-14(21)22/h9-12,25H,5-8H2,1-4H3,(H,17,24)(H,18,23)(H,19,20)(H,21,22)/t11?,12-/m0/s1. The summed E-state index contributed by atoms with van der Waals surface area (Å²) in [6.07, 6.45) is 0.536. The molecule has 0 aromatic carbocycles. The van der Waals surface area contributed by atoms with Crippen molar-refractivity contribution in [3.8, 4) is 0 Å². The minimum atomic E-state index is -1.18. The number of carboxylic acids is 1. The molecule has 0 spiro atoms. The van der Waals surface area contributed by atoms with Gasteiger partial charge in [0.15, 0.2) is 0 Å². The van der Waals surface area contributed by atoms with Gasteiger partial charge in [-0.3, -0.25) is 24.4 Å². The third-order valence-corrected chi connectivity index (χ3v) is 3.44. The second kappa shape index (κ2) is 11.4. The predicted octanol–water partition coefficient (Wildman–Crippen LogP) is 0.276. The summed E-state index contributed by atoms with van der Waals surface area (Å²) in [5.74, 6) is -3.41. The van der Waals surface area contributed by atoms with Gasteiger partial charge in [-0.1, -0.05) is 27.7 Å². The van der Waals surface area contributed by atoms with Gasteiger partial charge in [-0.05, 0) is 24.7 Å². The van der Waals surface area contributed by atoms with Crippen LogP contribution in [0.3, 0.4) is 0 Å². The van der Waals surface area contributed by atoms with Gasteiger partial charge in [-0.2, -0.15) is 0 Å². The summed E-state index contributed by atoms with van der Waals surface area (Å²) in [5.41, 5.74) is 1.50. The Hall–Kier alpha value is -2.16. The summed E-state index contributed by atoms with van der Waals surface area (Å²) in [6, 6.07) is -0.890. The zero-order valence-electron chi connectivity index (χ0n) is 15.2. The van der Waals surface area contributed by atoms with Crippen LogP contribution < -0.4 is 16.1 Å². The number of carbonyl (C=O) groups excluding carboxylic acids is 3. The van der Waals surface area contributed by atoms with Crippen molar-refractivity contribution in [2.24, 2.45) is 17.8 Å². The molecule has 5 N–H and O–H groups in total. The van der Waals surface area contributed by atoms with Crippen molar-refractivity contribution in [1.29, 1.82) is 0 Å². The van der Waals surface area contributed by atoms with Crippen LogP contribution >= 0.6 is 0 Å². The van der Waals surface area contributed by atoms with Gasteiger partial charge in [0.1, 0.15) is 12.6 Å². The van der Waals surface area contributed by atoms with E-state index in [0.717, 1.165) is 0 Å². The third-order valence-electron chi connectivity index (χ3n) is 3.44. The number of rotatable bonds is 11. The Morgan fingerprint density at radius 3 is 1.92 bits per heavy atom. The van der Waals surface area contributed by atoms with E-state index in [0.29, 0.717) is 12.8 Å². The van der Waals surface area contributed by atoms with Crippen LogP contribution in [-0.4, -0.2) is 46.6 Å². The van der Waals surface area contributed by atoms with Crippen molar-refractivity contribution in [3.63, 3.8) is 0 Å². The fourth-order valence-electron chi connectivity index (χ4n) is 2.40. The molecule has 0 fully saturated rings. The first-order valence-corrected chi connectivity index (χ1v) is 8.29. The second-order valence-corrected chi connectivity index (χ2v) is 6.87. The lowest BCUT2D eigenvalue weighted by Gasteiger charge is -2.24. The van der Waals surface area contributed by atoms with Crippen molar-refractivity contribution in [2.75, 3.05) is 6.54 Å². The molecule has 0 aliphatic carbocycles. The number of nitrogens with one attached hydrogen (secondary N) is 3. The molecule has 0 aliphatic heterocycles. The highest BCUT2D eigenvalue weighted by molar-refractivity contribution is 5.91. The number of carbonyl (C=O) groups is 4. The molecule has 0 bridgehead atoms. The van der Waals surface area contributed by atoms with Crippen molar-refractivity contribution >= 4 is 23.7 Å². The lowest BCUT2D eigenvalue weighted by Crippen LogP contribution is -2.50. The topological polar surface area (TPSA) is 145 Å². The Kier molecular flexibility index (Phi) is 10.4. The molecule has 0 heterocycles. The Bertz CT molecular complexity index is 478. The minimum absolute atomic E-state index is 0.0881. The van der Waals surface area contributed by atoms with Gasteiger partial charge in [0.2, 0.25) is 17.7 Å². The van der Waals surface area contributed by atoms with Gasteiger partial charge < -0.3 is 15.7 Å². The summed E-state index contributed by atoms with van der Waals surface area (Å²) >= 11 is 0. The highest BCUT2D eigenvalue weighted by atomic mass is 16.5. The summed E-state index contributed by atoms with van der Waals surface area (Å²) in [5, 5.41) is 22.2. The third kappa shape index (κ3) is 10.3. The summed E-state index contributed by atoms with van der Waals surface area (Å²) in [7, 11) is 0. The van der Waals surface area contributed by atoms with E-state index in [1.54, 1.807) is 0 Å². The van der Waals surface area contributed by atoms with Crippen LogP contribution in [0.5, 0.6) is 0 Å². The first kappa shape index (κ1) is 22.8. The lowest BCUT2D eigenvalue weighted by atomic mass is 9.92. The van der Waals surface area contributed by atoms with Gasteiger partial charge in [-0.15, -0.1) is 0 Å². The predicted molar refractivity (Wildman–Crippen MR) is 89.5 cm³/mol. The number of amides is 3. The van der Waals surface area contributed by atoms with Gasteiger partial charge in [0.25, 0.3) is 0 Å². The number of carboxylic acid groups (broad SMARTS) is 1. The molecule has 0 aromatic rings. The molecular weight excluding hydrogens is 330 g/mol. The molecule has 0 rings (SSSR count). The largest absolute Gasteiger partial charge is 0.480 e. The van der Waals surface area contributed by atoms with E-state index in [-0.39, 0.29) is 18.3 Å². The first-order valence-electron chi connectivity index (χ1n) is 8.29. The molecule has 3 amide bonds. The summed E-state index contributed by atoms with van der Waals surface area (Å²) in [4.78, 5) is 46.6. The van der Waals surface area contributed by atoms with Crippen LogP contribution in [0.1, 0.15) is 47.0 Å². The molecule has 0 saturated carbocycles. The molecule has 0 radical (unpaired) electrons. The average Bonchev–Trinajstić information content (AvgIpc) is 2.49. The van der Waals surface area contributed by atoms with Gasteiger partial charge >= 0.3 is 5.97 Å². The second-order valence-electron chi connectivity index (χ2n) is 6.87. The molecule has 9 heteroatoms. The Labute approximate surface area is 147 Å². The lowest BCUT2D eigenvalue weighted by molar-refractivity contribution is -0.139. The molecule has 25 heavy (non-hydrogen) atoms. The Morgan fingerprint density at radius 2 is 1.48 bits per heavy atom. The Morgan fingerprint density at radius 1 is 0.920 bits per heavy atom. The molecule has 2 atom stereocenters. The maximum atomic E-state index is 12.5. The van der Waals surface area contributed by atoms with Crippen LogP contribution in [0.2, 0.25) is 0 Å². The average molecular weight is 359 g/mol. The monoisotopic (exact) mass is 359 g/mol. The summed E-state index contributed by atoms with van der Waals surface area (Å²) < 4.78 is 0. The van der Waals surface area contributed by atoms with Crippen molar-refractivity contribution in [3.05, 3.63) is 0 Å². The zero-order chi connectivity index (χ0) is 19.6. The van der Waals surface area contributed by atoms with Crippen molar-refractivity contribution in [1.82, 2.24) is 16.1 Å². The van der Waals surface area contributed by atoms with E-state index < -0.39 is 42.2 Å². The summed E-state index contributed by atoms with van der Waals surface area (Å²) in [6.45, 7) is 6.99. The van der Waals surface area contributed by atoms with Crippen molar-refractivity contribution < 1.29 is 29.5 Å². The maximum Gasteiger partial charge on any atom is 0.322 e. The fraction of sp³-hybridized carbons (Fsp3) is 0.750. The van der Waals surface area contributed by atoms with E-state index in [9.17, 15) is 19.2 Å². The molecule has 9 nitrogen and oxygen atoms in total. The van der Waals surface area contributed by atoms with Gasteiger partial charge in [-0.25, -0.2) is 5.48 Å². The van der Waals surface area contributed by atoms with E-state index in [2.05, 4.69) is 10.6 Å². The normalized spacial score (nSPS) is 13.2. The van der Waals surface area contributed by atoms with Crippen LogP contribution in [0, 0.1) is 17.8 Å². The quantitative estimate of drug-likeness (QED) is 0.265. The molecule has 1 unspecified atom stereocenters. The smallest absolute Gasteiger partial charge is 0.322 e. The van der Waals surface area contributed by atoms with Gasteiger partial charge in [0.05, 0.1) is 0 Å². The molecule has 0 saturated heterocycles. The van der Waals surface area contributed by atoms with E-state index >= 15 is 0 Å². The number of hydroxylamine groups is 1. The maximum absolute atomic E-state index is 12.5. The Balaban J connectivity index is 5.06. The van der Waals surface area contributed by atoms with Crippen LogP contribution in [0.4, 0.5) is 0 Å². The number of aliphatic carboxylic acids is 1. The molecule has 0 aliphatic rings. The van der Waals surface area contributed by atoms with Crippen LogP contribution in [0.25, 0.3) is 0 Å². The van der Waals surface area contributed by atoms with E-state index in [4.69, 9.17) is 10.3 Å². The van der Waals surface area contributed by atoms with Gasteiger partial charge in [0, 0.05) is 12.3 Å². The fourth-order valence-corrected chi connectivity index (χ4v) is 2.40. The molecule has 0 aromatic heterocycles. The minimum Gasteiger partial charge on any atom is -0.480 e. The van der Waals surface area contributed by atoms with Crippen LogP contribution in [0.15, 0.2) is 0 Å². The highest BCUT2D eigenvalue weighted by Crippen LogP contribution is 2.17. The van der Waals surface area contributed by atoms with Crippen molar-refractivity contribution in [2.45, 2.75) is 53.0 Å². The van der Waals surface area contributed by atoms with Crippen LogP contribution in [-0.2, 0) is 19.2 Å². The molecule has 144 valence electrons. The SMILES string of the molecule is CC(C)CC(CC(=O)NO)C(=O)N[C@@H](CC(C)C)C(=O)NCC(=O)O. The van der Waals surface area contributed by atoms with E-state index in [1.807, 2.05) is 27.7 Å². The number of hydrogen-bond donors (Lipinski definition) is 5. The van der Waals surface area contributed by atoms with E-state index in [1.165, 1.54) is 5.48 Å². The highest BCUT2D eigenvalue weighted by Gasteiger charge is 2.28. The molecular formula is C16H29N3O6.